The summed E-state index contributed by atoms with van der Waals surface area (Å²) in [6.45, 7) is 0. The largest absolute Gasteiger partial charge is 0.481 e. The first-order chi connectivity index (χ1) is 18.2. The molecule has 1 saturated carbocycles. The fourth-order valence-corrected chi connectivity index (χ4v) is 5.35. The molecule has 0 bridgehead atoms. The third-order valence-corrected chi connectivity index (χ3v) is 7.68. The summed E-state index contributed by atoms with van der Waals surface area (Å²) in [6, 6.07) is 15.7. The zero-order valence-electron chi connectivity index (χ0n) is 20.0. The minimum atomic E-state index is -4.09. The van der Waals surface area contributed by atoms with Gasteiger partial charge in [0.05, 0.1) is 17.4 Å². The lowest BCUT2D eigenvalue weighted by atomic mass is 10.0. The van der Waals surface area contributed by atoms with Gasteiger partial charge in [-0.25, -0.2) is 13.1 Å². The number of benzene rings is 2. The molecular weight excluding hydrogens is 508 g/mol. The second-order valence-electron chi connectivity index (χ2n) is 9.12. The van der Waals surface area contributed by atoms with Gasteiger partial charge in [-0.1, -0.05) is 30.3 Å². The van der Waals surface area contributed by atoms with Gasteiger partial charge < -0.3 is 15.7 Å². The summed E-state index contributed by atoms with van der Waals surface area (Å²) in [7, 11) is -4.09. The van der Waals surface area contributed by atoms with Crippen LogP contribution < -0.4 is 26.2 Å². The highest BCUT2D eigenvalue weighted by molar-refractivity contribution is 7.89. The van der Waals surface area contributed by atoms with E-state index in [0.29, 0.717) is 28.1 Å². The molecule has 0 amide bonds. The van der Waals surface area contributed by atoms with E-state index in [1.165, 1.54) is 24.5 Å². The van der Waals surface area contributed by atoms with Crippen LogP contribution in [-0.4, -0.2) is 30.5 Å². The van der Waals surface area contributed by atoms with Gasteiger partial charge in [0.15, 0.2) is 0 Å². The van der Waals surface area contributed by atoms with Crippen LogP contribution in [0.15, 0.2) is 87.5 Å². The van der Waals surface area contributed by atoms with Crippen LogP contribution in [0.3, 0.4) is 0 Å². The van der Waals surface area contributed by atoms with E-state index >= 15 is 0 Å². The minimum absolute atomic E-state index is 0.0361. The Morgan fingerprint density at radius 2 is 1.68 bits per heavy atom. The predicted octanol–water partition coefficient (Wildman–Crippen LogP) is 3.16. The Bertz CT molecular complexity index is 1680. The van der Waals surface area contributed by atoms with E-state index in [2.05, 4.69) is 20.3 Å². The fraction of sp³-hybridized carbons (Fsp3) is 0.185. The van der Waals surface area contributed by atoms with Gasteiger partial charge in [-0.2, -0.15) is 0 Å². The molecule has 3 aromatic carbocycles. The Morgan fingerprint density at radius 3 is 2.37 bits per heavy atom. The number of sulfonamides is 1. The summed E-state index contributed by atoms with van der Waals surface area (Å²) >= 11 is 0. The van der Waals surface area contributed by atoms with E-state index in [1.807, 2.05) is 0 Å². The van der Waals surface area contributed by atoms with Crippen molar-refractivity contribution in [3.63, 3.8) is 0 Å². The molecule has 1 aromatic heterocycles. The molecule has 5 rings (SSSR count). The van der Waals surface area contributed by atoms with E-state index in [1.54, 1.807) is 48.5 Å². The van der Waals surface area contributed by atoms with E-state index in [0.717, 1.165) is 12.8 Å². The van der Waals surface area contributed by atoms with Gasteiger partial charge in [0.2, 0.25) is 10.0 Å². The molecule has 1 unspecified atom stereocenters. The maximum absolute atomic E-state index is 13.2. The van der Waals surface area contributed by atoms with Crippen LogP contribution in [0.25, 0.3) is 11.1 Å². The first-order valence-electron chi connectivity index (χ1n) is 11.9. The number of aromatic nitrogens is 1. The van der Waals surface area contributed by atoms with Gasteiger partial charge in [-0.15, -0.1) is 0 Å². The molecule has 4 N–H and O–H groups in total. The molecule has 194 valence electrons. The Labute approximate surface area is 218 Å². The highest BCUT2D eigenvalue weighted by atomic mass is 32.2. The van der Waals surface area contributed by atoms with Crippen molar-refractivity contribution in [2.75, 3.05) is 10.6 Å². The van der Waals surface area contributed by atoms with Gasteiger partial charge in [-0.3, -0.25) is 19.4 Å². The van der Waals surface area contributed by atoms with E-state index in [9.17, 15) is 27.9 Å². The van der Waals surface area contributed by atoms with Crippen molar-refractivity contribution in [3.05, 3.63) is 99.1 Å². The van der Waals surface area contributed by atoms with Gasteiger partial charge in [0.25, 0.3) is 10.9 Å². The van der Waals surface area contributed by atoms with Crippen molar-refractivity contribution in [1.29, 1.82) is 0 Å². The number of nitrogens with one attached hydrogen (secondary N) is 3. The molecule has 38 heavy (non-hydrogen) atoms. The fourth-order valence-electron chi connectivity index (χ4n) is 4.08. The quantitative estimate of drug-likeness (QED) is 0.213. The Hall–Kier alpha value is -4.35. The Kier molecular flexibility index (Phi) is 6.79. The maximum atomic E-state index is 13.2. The van der Waals surface area contributed by atoms with Crippen molar-refractivity contribution in [1.82, 2.24) is 9.71 Å². The first-order valence-corrected chi connectivity index (χ1v) is 13.4. The van der Waals surface area contributed by atoms with Gasteiger partial charge in [0, 0.05) is 24.1 Å². The lowest BCUT2D eigenvalue weighted by Crippen LogP contribution is -2.37. The van der Waals surface area contributed by atoms with Gasteiger partial charge in [-0.05, 0) is 59.9 Å². The number of rotatable bonds is 11. The predicted molar refractivity (Wildman–Crippen MR) is 143 cm³/mol. The number of nitrogens with zero attached hydrogens (tertiary/aromatic N) is 1. The van der Waals surface area contributed by atoms with Crippen LogP contribution in [0.4, 0.5) is 17.1 Å². The van der Waals surface area contributed by atoms with Crippen molar-refractivity contribution < 1.29 is 18.3 Å². The lowest BCUT2D eigenvalue weighted by Gasteiger charge is -2.18. The van der Waals surface area contributed by atoms with E-state index < -0.39 is 39.3 Å². The average molecular weight is 533 g/mol. The SMILES string of the molecule is O=C(O)CC(NS(=O)(=O)c1cccc(-c2cccc(Nc3c(NC4CC4)c(=O)c3=O)c2)c1)c1cccnc1. The number of aliphatic carboxylic acids is 1. The summed E-state index contributed by atoms with van der Waals surface area (Å²) in [5, 5.41) is 15.4. The number of anilines is 3. The Balaban J connectivity index is 1.39. The van der Waals surface area contributed by atoms with Crippen molar-refractivity contribution >= 4 is 33.1 Å². The average Bonchev–Trinajstić information content (AvgIpc) is 3.75. The smallest absolute Gasteiger partial charge is 0.305 e. The molecule has 10 nitrogen and oxygen atoms in total. The number of pyridine rings is 1. The second kappa shape index (κ2) is 10.2. The normalized spacial score (nSPS) is 14.2. The molecule has 1 aliphatic carbocycles. The molecule has 0 saturated heterocycles. The third-order valence-electron chi connectivity index (χ3n) is 6.21. The standard InChI is InChI=1S/C27H24N4O6S/c32-23(33)14-22(18-6-3-11-28-15-18)31-38(36,37)21-8-2-5-17(13-21)16-4-1-7-20(12-16)30-25-24(26(34)27(25)35)29-19-9-10-19/h1-8,11-13,15,19,22,29-31H,9-10,14H2,(H,32,33). The number of hydrogen-bond acceptors (Lipinski definition) is 8. The number of carboxylic acids is 1. The first kappa shape index (κ1) is 25.3. The van der Waals surface area contributed by atoms with Crippen LogP contribution in [-0.2, 0) is 14.8 Å². The molecule has 4 aromatic rings. The van der Waals surface area contributed by atoms with Gasteiger partial charge in [0.1, 0.15) is 11.4 Å². The third kappa shape index (κ3) is 5.48. The zero-order chi connectivity index (χ0) is 26.9. The van der Waals surface area contributed by atoms with Crippen molar-refractivity contribution in [3.8, 4) is 11.1 Å². The van der Waals surface area contributed by atoms with Crippen molar-refractivity contribution in [2.45, 2.75) is 36.2 Å². The van der Waals surface area contributed by atoms with Crippen LogP contribution in [0.5, 0.6) is 0 Å². The summed E-state index contributed by atoms with van der Waals surface area (Å²) in [5.74, 6) is -1.16. The highest BCUT2D eigenvalue weighted by Crippen LogP contribution is 2.30. The van der Waals surface area contributed by atoms with Gasteiger partial charge >= 0.3 is 5.97 Å². The summed E-state index contributed by atoms with van der Waals surface area (Å²) < 4.78 is 28.9. The number of carboxylic acid groups (broad SMARTS) is 1. The summed E-state index contributed by atoms with van der Waals surface area (Å²) in [6.07, 6.45) is 4.41. The molecule has 1 aliphatic rings. The number of carbonyl (C=O) groups is 1. The molecule has 0 spiro atoms. The Morgan fingerprint density at radius 1 is 0.974 bits per heavy atom. The number of hydrogen-bond donors (Lipinski definition) is 4. The van der Waals surface area contributed by atoms with Crippen LogP contribution >= 0.6 is 0 Å². The molecule has 0 radical (unpaired) electrons. The summed E-state index contributed by atoms with van der Waals surface area (Å²) in [4.78, 5) is 39.4. The molecule has 1 fully saturated rings. The summed E-state index contributed by atoms with van der Waals surface area (Å²) in [5.41, 5.74) is 1.67. The van der Waals surface area contributed by atoms with E-state index in [-0.39, 0.29) is 16.6 Å². The minimum Gasteiger partial charge on any atom is -0.481 e. The monoisotopic (exact) mass is 532 g/mol. The molecule has 11 heteroatoms. The molecule has 1 heterocycles. The van der Waals surface area contributed by atoms with Crippen molar-refractivity contribution in [2.24, 2.45) is 0 Å². The van der Waals surface area contributed by atoms with E-state index in [4.69, 9.17) is 0 Å². The lowest BCUT2D eigenvalue weighted by molar-refractivity contribution is -0.137. The van der Waals surface area contributed by atoms with Crippen LogP contribution in [0.2, 0.25) is 0 Å². The molecule has 0 aliphatic heterocycles. The maximum Gasteiger partial charge on any atom is 0.305 e. The molecular formula is C27H24N4O6S. The topological polar surface area (TPSA) is 155 Å². The second-order valence-corrected chi connectivity index (χ2v) is 10.8. The zero-order valence-corrected chi connectivity index (χ0v) is 20.9. The molecule has 1 atom stereocenters. The highest BCUT2D eigenvalue weighted by Gasteiger charge is 2.28. The van der Waals surface area contributed by atoms with Crippen LogP contribution in [0, 0.1) is 0 Å². The van der Waals surface area contributed by atoms with Crippen LogP contribution in [0.1, 0.15) is 30.9 Å².